The molecule has 2 heterocycles. The van der Waals surface area contributed by atoms with Crippen LogP contribution in [0.3, 0.4) is 0 Å². The van der Waals surface area contributed by atoms with Gasteiger partial charge in [0, 0.05) is 30.6 Å². The van der Waals surface area contributed by atoms with Crippen LogP contribution in [0.2, 0.25) is 0 Å². The SMILES string of the molecule is COC(=O)c1cc(-c2cnn(C)c2)c[nH]1. The smallest absolute Gasteiger partial charge is 0.354 e. The van der Waals surface area contributed by atoms with Crippen molar-refractivity contribution in [1.29, 1.82) is 0 Å². The molecule has 0 aliphatic carbocycles. The number of nitrogens with one attached hydrogen (secondary N) is 1. The molecule has 0 saturated heterocycles. The maximum Gasteiger partial charge on any atom is 0.354 e. The number of aromatic nitrogens is 3. The fourth-order valence-electron chi connectivity index (χ4n) is 1.36. The van der Waals surface area contributed by atoms with Crippen LogP contribution in [0.1, 0.15) is 10.5 Å². The van der Waals surface area contributed by atoms with E-state index in [1.54, 1.807) is 23.1 Å². The average molecular weight is 205 g/mol. The standard InChI is InChI=1S/C10H11N3O2/c1-13-6-8(5-12-13)7-3-9(11-4-7)10(14)15-2/h3-6,11H,1-2H3. The van der Waals surface area contributed by atoms with Crippen LogP contribution in [0.4, 0.5) is 0 Å². The largest absolute Gasteiger partial charge is 0.464 e. The van der Waals surface area contributed by atoms with E-state index in [0.29, 0.717) is 5.69 Å². The highest BCUT2D eigenvalue weighted by atomic mass is 16.5. The number of aryl methyl sites for hydroxylation is 1. The summed E-state index contributed by atoms with van der Waals surface area (Å²) in [6, 6.07) is 1.74. The van der Waals surface area contributed by atoms with Crippen LogP contribution >= 0.6 is 0 Å². The van der Waals surface area contributed by atoms with Gasteiger partial charge < -0.3 is 9.72 Å². The number of ether oxygens (including phenoxy) is 1. The first kappa shape index (κ1) is 9.51. The van der Waals surface area contributed by atoms with Crippen LogP contribution < -0.4 is 0 Å². The van der Waals surface area contributed by atoms with Crippen molar-refractivity contribution in [3.8, 4) is 11.1 Å². The highest BCUT2D eigenvalue weighted by Gasteiger charge is 2.09. The van der Waals surface area contributed by atoms with Crippen molar-refractivity contribution in [3.05, 3.63) is 30.4 Å². The summed E-state index contributed by atoms with van der Waals surface area (Å²) in [5, 5.41) is 4.05. The molecule has 78 valence electrons. The molecule has 0 unspecified atom stereocenters. The third kappa shape index (κ3) is 1.76. The number of H-pyrrole nitrogens is 1. The fraction of sp³-hybridized carbons (Fsp3) is 0.200. The third-order valence-corrected chi connectivity index (χ3v) is 2.13. The van der Waals surface area contributed by atoms with Gasteiger partial charge in [0.25, 0.3) is 0 Å². The predicted molar refractivity (Wildman–Crippen MR) is 54.3 cm³/mol. The number of esters is 1. The molecule has 0 amide bonds. The van der Waals surface area contributed by atoms with E-state index in [1.807, 2.05) is 13.2 Å². The maximum absolute atomic E-state index is 11.2. The van der Waals surface area contributed by atoms with Crippen molar-refractivity contribution < 1.29 is 9.53 Å². The van der Waals surface area contributed by atoms with Crippen LogP contribution in [0.25, 0.3) is 11.1 Å². The lowest BCUT2D eigenvalue weighted by Gasteiger charge is -1.92. The number of carbonyl (C=O) groups is 1. The van der Waals surface area contributed by atoms with E-state index in [-0.39, 0.29) is 5.97 Å². The maximum atomic E-state index is 11.2. The minimum atomic E-state index is -0.370. The van der Waals surface area contributed by atoms with Crippen LogP contribution in [-0.4, -0.2) is 27.8 Å². The lowest BCUT2D eigenvalue weighted by atomic mass is 10.2. The van der Waals surface area contributed by atoms with E-state index in [0.717, 1.165) is 11.1 Å². The van der Waals surface area contributed by atoms with Gasteiger partial charge in [-0.25, -0.2) is 4.79 Å². The minimum absolute atomic E-state index is 0.370. The molecule has 0 aliphatic rings. The number of hydrogen-bond acceptors (Lipinski definition) is 3. The third-order valence-electron chi connectivity index (χ3n) is 2.13. The molecular formula is C10H11N3O2. The molecule has 0 radical (unpaired) electrons. The molecule has 5 nitrogen and oxygen atoms in total. The second kappa shape index (κ2) is 3.61. The van der Waals surface area contributed by atoms with Crippen LogP contribution in [-0.2, 0) is 11.8 Å². The molecule has 1 N–H and O–H groups in total. The van der Waals surface area contributed by atoms with Gasteiger partial charge in [-0.3, -0.25) is 4.68 Å². The molecule has 0 aromatic carbocycles. The Bertz CT molecular complexity index is 484. The molecular weight excluding hydrogens is 194 g/mol. The summed E-state index contributed by atoms with van der Waals surface area (Å²) in [5.41, 5.74) is 2.32. The van der Waals surface area contributed by atoms with Gasteiger partial charge in [-0.15, -0.1) is 0 Å². The Kier molecular flexibility index (Phi) is 2.29. The summed E-state index contributed by atoms with van der Waals surface area (Å²) in [6.07, 6.45) is 5.37. The van der Waals surface area contributed by atoms with Gasteiger partial charge in [-0.2, -0.15) is 5.10 Å². The van der Waals surface area contributed by atoms with Gasteiger partial charge in [0.1, 0.15) is 5.69 Å². The van der Waals surface area contributed by atoms with E-state index in [9.17, 15) is 4.79 Å². The zero-order valence-electron chi connectivity index (χ0n) is 8.52. The Morgan fingerprint density at radius 3 is 2.93 bits per heavy atom. The number of hydrogen-bond donors (Lipinski definition) is 1. The van der Waals surface area contributed by atoms with Crippen molar-refractivity contribution in [3.63, 3.8) is 0 Å². The normalized spacial score (nSPS) is 10.3. The predicted octanol–water partition coefficient (Wildman–Crippen LogP) is 1.20. The molecule has 0 saturated carbocycles. The molecule has 5 heteroatoms. The van der Waals surface area contributed by atoms with E-state index in [1.165, 1.54) is 7.11 Å². The van der Waals surface area contributed by atoms with Crippen molar-refractivity contribution in [2.45, 2.75) is 0 Å². The van der Waals surface area contributed by atoms with E-state index >= 15 is 0 Å². The van der Waals surface area contributed by atoms with Crippen LogP contribution in [0.15, 0.2) is 24.7 Å². The number of aromatic amines is 1. The van der Waals surface area contributed by atoms with Crippen molar-refractivity contribution in [1.82, 2.24) is 14.8 Å². The zero-order chi connectivity index (χ0) is 10.8. The second-order valence-corrected chi connectivity index (χ2v) is 3.20. The molecule has 0 fully saturated rings. The highest BCUT2D eigenvalue weighted by Crippen LogP contribution is 2.19. The lowest BCUT2D eigenvalue weighted by molar-refractivity contribution is 0.0595. The van der Waals surface area contributed by atoms with E-state index < -0.39 is 0 Å². The summed E-state index contributed by atoms with van der Waals surface area (Å²) >= 11 is 0. The van der Waals surface area contributed by atoms with Crippen molar-refractivity contribution in [2.75, 3.05) is 7.11 Å². The van der Waals surface area contributed by atoms with E-state index in [2.05, 4.69) is 14.8 Å². The molecule has 2 aromatic heterocycles. The van der Waals surface area contributed by atoms with Gasteiger partial charge in [-0.05, 0) is 6.07 Å². The molecule has 15 heavy (non-hydrogen) atoms. The molecule has 0 aliphatic heterocycles. The van der Waals surface area contributed by atoms with Gasteiger partial charge in [-0.1, -0.05) is 0 Å². The molecule has 2 rings (SSSR count). The molecule has 0 bridgehead atoms. The Balaban J connectivity index is 2.31. The zero-order valence-corrected chi connectivity index (χ0v) is 8.52. The van der Waals surface area contributed by atoms with Gasteiger partial charge in [0.2, 0.25) is 0 Å². The Morgan fingerprint density at radius 2 is 2.33 bits per heavy atom. The number of methoxy groups -OCH3 is 1. The van der Waals surface area contributed by atoms with Crippen LogP contribution in [0, 0.1) is 0 Å². The Hall–Kier alpha value is -2.04. The molecule has 0 spiro atoms. The number of rotatable bonds is 2. The van der Waals surface area contributed by atoms with Gasteiger partial charge in [0.15, 0.2) is 0 Å². The first-order valence-corrected chi connectivity index (χ1v) is 4.46. The Morgan fingerprint density at radius 1 is 1.53 bits per heavy atom. The lowest BCUT2D eigenvalue weighted by Crippen LogP contribution is -2.00. The fourth-order valence-corrected chi connectivity index (χ4v) is 1.36. The summed E-state index contributed by atoms with van der Waals surface area (Å²) in [6.45, 7) is 0. The quantitative estimate of drug-likeness (QED) is 0.749. The minimum Gasteiger partial charge on any atom is -0.464 e. The second-order valence-electron chi connectivity index (χ2n) is 3.20. The van der Waals surface area contributed by atoms with E-state index in [4.69, 9.17) is 0 Å². The summed E-state index contributed by atoms with van der Waals surface area (Å²) < 4.78 is 6.31. The highest BCUT2D eigenvalue weighted by molar-refractivity contribution is 5.89. The number of carbonyl (C=O) groups excluding carboxylic acids is 1. The molecule has 2 aromatic rings. The van der Waals surface area contributed by atoms with Gasteiger partial charge in [0.05, 0.1) is 13.3 Å². The van der Waals surface area contributed by atoms with Crippen molar-refractivity contribution in [2.24, 2.45) is 7.05 Å². The monoisotopic (exact) mass is 205 g/mol. The summed E-state index contributed by atoms with van der Waals surface area (Å²) in [5.74, 6) is -0.370. The molecule has 0 atom stereocenters. The topological polar surface area (TPSA) is 59.9 Å². The first-order valence-electron chi connectivity index (χ1n) is 4.46. The van der Waals surface area contributed by atoms with Gasteiger partial charge >= 0.3 is 5.97 Å². The average Bonchev–Trinajstić information content (AvgIpc) is 2.84. The summed E-state index contributed by atoms with van der Waals surface area (Å²) in [7, 11) is 3.20. The van der Waals surface area contributed by atoms with Crippen molar-refractivity contribution >= 4 is 5.97 Å². The first-order chi connectivity index (χ1) is 7.20. The Labute approximate surface area is 86.7 Å². The van der Waals surface area contributed by atoms with Crippen LogP contribution in [0.5, 0.6) is 0 Å². The number of nitrogens with zero attached hydrogens (tertiary/aromatic N) is 2. The summed E-state index contributed by atoms with van der Waals surface area (Å²) in [4.78, 5) is 14.0.